The van der Waals surface area contributed by atoms with Crippen LogP contribution in [-0.2, 0) is 11.2 Å². The maximum atomic E-state index is 13.8. The average Bonchev–Trinajstić information content (AvgIpc) is 3.23. The van der Waals surface area contributed by atoms with Crippen LogP contribution >= 0.6 is 0 Å². The molecule has 0 aliphatic carbocycles. The number of rotatable bonds is 5. The number of para-hydroxylation sites is 1. The number of aliphatic hydroxyl groups excluding tert-OH is 2. The summed E-state index contributed by atoms with van der Waals surface area (Å²) in [4.78, 5) is 15.6. The lowest BCUT2D eigenvalue weighted by Gasteiger charge is -2.19. The quantitative estimate of drug-likeness (QED) is 0.451. The number of fused-ring (bicyclic) bond motifs is 1. The third-order valence-electron chi connectivity index (χ3n) is 5.24. The molecule has 1 saturated heterocycles. The minimum Gasteiger partial charge on any atom is -0.389 e. The van der Waals surface area contributed by atoms with Crippen molar-refractivity contribution < 1.29 is 23.8 Å². The number of H-pyrrole nitrogens is 1. The van der Waals surface area contributed by atoms with E-state index in [9.17, 15) is 23.8 Å². The number of β-amino-alcohol motifs (C(OH)–C–C–N with tert-alkyl or cyclic N) is 1. The predicted octanol–water partition coefficient (Wildman–Crippen LogP) is 1.81. The summed E-state index contributed by atoms with van der Waals surface area (Å²) in [5.41, 5.74) is 2.75. The Morgan fingerprint density at radius 1 is 1.14 bits per heavy atom. The number of carbonyl (C=O) groups is 1. The van der Waals surface area contributed by atoms with Crippen LogP contribution in [0.25, 0.3) is 22.2 Å². The second-order valence-corrected chi connectivity index (χ2v) is 7.17. The van der Waals surface area contributed by atoms with Gasteiger partial charge in [-0.15, -0.1) is 0 Å². The molecule has 0 radical (unpaired) electrons. The molecule has 3 aromatic rings. The number of aliphatic hydroxyl groups is 2. The van der Waals surface area contributed by atoms with Crippen LogP contribution in [-0.4, -0.2) is 46.0 Å². The molecule has 3 atom stereocenters. The Morgan fingerprint density at radius 2 is 1.93 bits per heavy atom. The number of nitrogens with one attached hydrogen (secondary N) is 3. The van der Waals surface area contributed by atoms with Crippen LogP contribution in [0, 0.1) is 11.6 Å². The smallest absolute Gasteiger partial charge is 0.220 e. The summed E-state index contributed by atoms with van der Waals surface area (Å²) < 4.78 is 27.1. The summed E-state index contributed by atoms with van der Waals surface area (Å²) in [6.45, 7) is 0.203. The molecule has 4 rings (SSSR count). The molecular formula is C21H21F2N3O3. The lowest BCUT2D eigenvalue weighted by Crippen LogP contribution is -2.47. The second-order valence-electron chi connectivity index (χ2n) is 7.17. The lowest BCUT2D eigenvalue weighted by atomic mass is 10.0. The number of hydrogen-bond donors (Lipinski definition) is 5. The van der Waals surface area contributed by atoms with E-state index in [1.807, 2.05) is 24.3 Å². The first kappa shape index (κ1) is 19.5. The number of hydrogen-bond acceptors (Lipinski definition) is 4. The van der Waals surface area contributed by atoms with Crippen molar-refractivity contribution in [1.82, 2.24) is 15.6 Å². The van der Waals surface area contributed by atoms with Gasteiger partial charge in [0.2, 0.25) is 5.91 Å². The zero-order valence-corrected chi connectivity index (χ0v) is 15.5. The van der Waals surface area contributed by atoms with E-state index in [4.69, 9.17) is 0 Å². The fraction of sp³-hybridized carbons (Fsp3) is 0.286. The zero-order chi connectivity index (χ0) is 20.5. The van der Waals surface area contributed by atoms with Crippen LogP contribution in [0.3, 0.4) is 0 Å². The maximum absolute atomic E-state index is 13.8. The highest BCUT2D eigenvalue weighted by Crippen LogP contribution is 2.32. The first-order valence-corrected chi connectivity index (χ1v) is 9.38. The maximum Gasteiger partial charge on any atom is 0.220 e. The van der Waals surface area contributed by atoms with Gasteiger partial charge < -0.3 is 20.5 Å². The predicted molar refractivity (Wildman–Crippen MR) is 104 cm³/mol. The van der Waals surface area contributed by atoms with E-state index in [1.165, 1.54) is 6.07 Å². The van der Waals surface area contributed by atoms with E-state index in [1.54, 1.807) is 0 Å². The second kappa shape index (κ2) is 7.90. The summed E-state index contributed by atoms with van der Waals surface area (Å²) in [5, 5.41) is 25.8. The molecule has 1 amide bonds. The van der Waals surface area contributed by atoms with E-state index in [0.717, 1.165) is 28.6 Å². The molecule has 29 heavy (non-hydrogen) atoms. The minimum atomic E-state index is -1.00. The number of benzene rings is 2. The number of aromatic nitrogens is 1. The first-order valence-electron chi connectivity index (χ1n) is 9.38. The summed E-state index contributed by atoms with van der Waals surface area (Å²) in [6.07, 6.45) is -1.41. The van der Waals surface area contributed by atoms with Crippen LogP contribution in [0.2, 0.25) is 0 Å². The molecule has 0 saturated carbocycles. The lowest BCUT2D eigenvalue weighted by molar-refractivity contribution is -0.123. The molecule has 1 fully saturated rings. The van der Waals surface area contributed by atoms with Gasteiger partial charge in [-0.2, -0.15) is 0 Å². The van der Waals surface area contributed by atoms with Crippen LogP contribution in [0.5, 0.6) is 0 Å². The monoisotopic (exact) mass is 401 g/mol. The van der Waals surface area contributed by atoms with Gasteiger partial charge in [0.25, 0.3) is 0 Å². The number of aromatic amines is 1. The Hall–Kier alpha value is -2.81. The normalized spacial score (nSPS) is 21.6. The van der Waals surface area contributed by atoms with Gasteiger partial charge in [0.05, 0.1) is 12.1 Å². The minimum absolute atomic E-state index is 0.106. The van der Waals surface area contributed by atoms with Gasteiger partial charge in [0, 0.05) is 35.1 Å². The molecule has 6 nitrogen and oxygen atoms in total. The van der Waals surface area contributed by atoms with Gasteiger partial charge in [-0.1, -0.05) is 18.2 Å². The van der Waals surface area contributed by atoms with Gasteiger partial charge in [-0.25, -0.2) is 8.78 Å². The fourth-order valence-electron chi connectivity index (χ4n) is 3.74. The van der Waals surface area contributed by atoms with E-state index in [-0.39, 0.29) is 18.9 Å². The van der Waals surface area contributed by atoms with E-state index in [2.05, 4.69) is 15.6 Å². The Morgan fingerprint density at radius 3 is 2.66 bits per heavy atom. The molecule has 1 aliphatic rings. The molecule has 5 N–H and O–H groups in total. The van der Waals surface area contributed by atoms with Gasteiger partial charge in [0.15, 0.2) is 11.6 Å². The SMILES string of the molecule is O=C(CCc1c(-c2ccc(F)c(F)c2)[nH]c2ccccc12)N[C@@H]1C(O)NC[C@H]1O. The average molecular weight is 401 g/mol. The molecule has 0 spiro atoms. The highest BCUT2D eigenvalue weighted by molar-refractivity contribution is 5.91. The molecule has 2 heterocycles. The number of aryl methyl sites for hydroxylation is 1. The molecule has 1 unspecified atom stereocenters. The molecular weight excluding hydrogens is 380 g/mol. The number of halogens is 2. The fourth-order valence-corrected chi connectivity index (χ4v) is 3.74. The van der Waals surface area contributed by atoms with Crippen LogP contribution in [0.15, 0.2) is 42.5 Å². The van der Waals surface area contributed by atoms with Gasteiger partial charge in [-0.3, -0.25) is 10.1 Å². The summed E-state index contributed by atoms with van der Waals surface area (Å²) >= 11 is 0. The molecule has 1 aromatic heterocycles. The molecule has 8 heteroatoms. The summed E-state index contributed by atoms with van der Waals surface area (Å²) in [5.74, 6) is -2.19. The third kappa shape index (κ3) is 3.87. The Bertz CT molecular complexity index is 1040. The molecule has 0 bridgehead atoms. The molecule has 152 valence electrons. The van der Waals surface area contributed by atoms with Crippen molar-refractivity contribution in [2.24, 2.45) is 0 Å². The number of carbonyl (C=O) groups excluding carboxylic acids is 1. The first-order chi connectivity index (χ1) is 13.9. The van der Waals surface area contributed by atoms with Crippen molar-refractivity contribution in [3.05, 3.63) is 59.7 Å². The highest BCUT2D eigenvalue weighted by atomic mass is 19.2. The topological polar surface area (TPSA) is 97.4 Å². The van der Waals surface area contributed by atoms with Crippen molar-refractivity contribution in [2.45, 2.75) is 31.2 Å². The summed E-state index contributed by atoms with van der Waals surface area (Å²) in [6, 6.07) is 10.4. The van der Waals surface area contributed by atoms with Gasteiger partial charge in [0.1, 0.15) is 6.23 Å². The van der Waals surface area contributed by atoms with E-state index >= 15 is 0 Å². The van der Waals surface area contributed by atoms with Gasteiger partial charge >= 0.3 is 0 Å². The van der Waals surface area contributed by atoms with Crippen molar-refractivity contribution >= 4 is 16.8 Å². The highest BCUT2D eigenvalue weighted by Gasteiger charge is 2.34. The standard InChI is InChI=1S/C21H21F2N3O3/c22-14-7-5-11(9-15(14)23)19-13(12-3-1-2-4-16(12)25-19)6-8-18(28)26-20-17(27)10-24-21(20)29/h1-5,7,9,17,20-21,24-25,27,29H,6,8,10H2,(H,26,28)/t17-,20+,21?/m1/s1. The third-order valence-corrected chi connectivity index (χ3v) is 5.24. The molecule has 1 aliphatic heterocycles. The van der Waals surface area contributed by atoms with Crippen molar-refractivity contribution in [3.8, 4) is 11.3 Å². The Kier molecular flexibility index (Phi) is 5.31. The van der Waals surface area contributed by atoms with E-state index < -0.39 is 30.0 Å². The van der Waals surface area contributed by atoms with Crippen LogP contribution in [0.1, 0.15) is 12.0 Å². The van der Waals surface area contributed by atoms with Crippen LogP contribution < -0.4 is 10.6 Å². The Labute approximate surface area is 165 Å². The van der Waals surface area contributed by atoms with Crippen molar-refractivity contribution in [3.63, 3.8) is 0 Å². The largest absolute Gasteiger partial charge is 0.389 e. The van der Waals surface area contributed by atoms with Crippen LogP contribution in [0.4, 0.5) is 8.78 Å². The van der Waals surface area contributed by atoms with Gasteiger partial charge in [-0.05, 0) is 36.2 Å². The zero-order valence-electron chi connectivity index (χ0n) is 15.5. The van der Waals surface area contributed by atoms with Crippen molar-refractivity contribution in [2.75, 3.05) is 6.54 Å². The van der Waals surface area contributed by atoms with Crippen molar-refractivity contribution in [1.29, 1.82) is 0 Å². The van der Waals surface area contributed by atoms with E-state index in [0.29, 0.717) is 17.7 Å². The molecule has 2 aromatic carbocycles. The Balaban J connectivity index is 1.59. The summed E-state index contributed by atoms with van der Waals surface area (Å²) in [7, 11) is 0. The number of amides is 1.